The Morgan fingerprint density at radius 1 is 1.40 bits per heavy atom. The summed E-state index contributed by atoms with van der Waals surface area (Å²) in [6.45, 7) is 3.80. The van der Waals surface area contributed by atoms with Gasteiger partial charge in [0.1, 0.15) is 18.2 Å². The normalized spacial score (nSPS) is 19.1. The molecule has 1 saturated heterocycles. The molecular formula is C15H26N4O. The maximum Gasteiger partial charge on any atom is 0.158 e. The van der Waals surface area contributed by atoms with Gasteiger partial charge in [0, 0.05) is 32.8 Å². The largest absolute Gasteiger partial charge is 0.377 e. The summed E-state index contributed by atoms with van der Waals surface area (Å²) in [6.07, 6.45) is 6.30. The monoisotopic (exact) mass is 278 g/mol. The van der Waals surface area contributed by atoms with Crippen molar-refractivity contribution in [2.75, 3.05) is 30.9 Å². The predicted molar refractivity (Wildman–Crippen MR) is 82.2 cm³/mol. The molecule has 1 atom stereocenters. The Balaban J connectivity index is 2.26. The molecule has 2 rings (SSSR count). The first kappa shape index (κ1) is 15.0. The van der Waals surface area contributed by atoms with Gasteiger partial charge in [-0.05, 0) is 25.7 Å². The number of rotatable bonds is 6. The Hall–Kier alpha value is -1.36. The quantitative estimate of drug-likeness (QED) is 0.867. The van der Waals surface area contributed by atoms with E-state index >= 15 is 0 Å². The third-order valence-corrected chi connectivity index (χ3v) is 3.83. The van der Waals surface area contributed by atoms with E-state index in [1.54, 1.807) is 7.11 Å². The van der Waals surface area contributed by atoms with Gasteiger partial charge in [0.05, 0.1) is 0 Å². The predicted octanol–water partition coefficient (Wildman–Crippen LogP) is 2.82. The first-order valence-corrected chi connectivity index (χ1v) is 7.59. The number of anilines is 2. The highest BCUT2D eigenvalue weighted by Gasteiger charge is 2.23. The fourth-order valence-corrected chi connectivity index (χ4v) is 2.89. The second-order valence-electron chi connectivity index (χ2n) is 5.34. The Kier molecular flexibility index (Phi) is 5.59. The third-order valence-electron chi connectivity index (χ3n) is 3.83. The van der Waals surface area contributed by atoms with Gasteiger partial charge in [0.15, 0.2) is 5.82 Å². The maximum absolute atomic E-state index is 5.17. The second-order valence-corrected chi connectivity index (χ2v) is 5.34. The zero-order valence-corrected chi connectivity index (χ0v) is 12.9. The number of hydrogen-bond donors (Lipinski definition) is 1. The molecule has 2 heterocycles. The van der Waals surface area contributed by atoms with Crippen molar-refractivity contribution >= 4 is 11.6 Å². The summed E-state index contributed by atoms with van der Waals surface area (Å²) < 4.78 is 5.17. The van der Waals surface area contributed by atoms with E-state index in [9.17, 15) is 0 Å². The first-order chi connectivity index (χ1) is 9.78. The molecule has 20 heavy (non-hydrogen) atoms. The molecular weight excluding hydrogens is 252 g/mol. The Morgan fingerprint density at radius 3 is 2.95 bits per heavy atom. The molecule has 1 aromatic heterocycles. The number of piperidine rings is 1. The van der Waals surface area contributed by atoms with Gasteiger partial charge in [-0.15, -0.1) is 0 Å². The highest BCUT2D eigenvalue weighted by atomic mass is 16.5. The second kappa shape index (κ2) is 7.43. The average molecular weight is 278 g/mol. The van der Waals surface area contributed by atoms with Crippen LogP contribution in [0.15, 0.2) is 6.07 Å². The number of aromatic nitrogens is 2. The minimum Gasteiger partial charge on any atom is -0.377 e. The van der Waals surface area contributed by atoms with Gasteiger partial charge in [-0.2, -0.15) is 0 Å². The van der Waals surface area contributed by atoms with Crippen LogP contribution in [0.3, 0.4) is 0 Å². The van der Waals surface area contributed by atoms with Crippen molar-refractivity contribution in [1.29, 1.82) is 0 Å². The van der Waals surface area contributed by atoms with Crippen LogP contribution in [0.1, 0.15) is 44.9 Å². The summed E-state index contributed by atoms with van der Waals surface area (Å²) in [5.41, 5.74) is 0. The number of nitrogens with zero attached hydrogens (tertiary/aromatic N) is 3. The molecule has 0 aliphatic carbocycles. The van der Waals surface area contributed by atoms with Crippen molar-refractivity contribution in [2.45, 2.75) is 51.7 Å². The van der Waals surface area contributed by atoms with Gasteiger partial charge in [0.25, 0.3) is 0 Å². The summed E-state index contributed by atoms with van der Waals surface area (Å²) in [5, 5.41) is 3.12. The van der Waals surface area contributed by atoms with Crippen molar-refractivity contribution in [3.05, 3.63) is 11.9 Å². The lowest BCUT2D eigenvalue weighted by Crippen LogP contribution is -2.40. The van der Waals surface area contributed by atoms with E-state index in [0.717, 1.165) is 24.0 Å². The van der Waals surface area contributed by atoms with Gasteiger partial charge in [-0.25, -0.2) is 9.97 Å². The van der Waals surface area contributed by atoms with Crippen LogP contribution in [0.4, 0.5) is 11.6 Å². The molecule has 0 bridgehead atoms. The van der Waals surface area contributed by atoms with Gasteiger partial charge < -0.3 is 15.0 Å². The summed E-state index contributed by atoms with van der Waals surface area (Å²) in [4.78, 5) is 11.6. The van der Waals surface area contributed by atoms with Crippen LogP contribution >= 0.6 is 0 Å². The van der Waals surface area contributed by atoms with Gasteiger partial charge in [0.2, 0.25) is 0 Å². The van der Waals surface area contributed by atoms with Gasteiger partial charge in [-0.1, -0.05) is 13.3 Å². The molecule has 5 nitrogen and oxygen atoms in total. The molecule has 1 N–H and O–H groups in total. The highest BCUT2D eigenvalue weighted by Crippen LogP contribution is 2.27. The molecule has 5 heteroatoms. The van der Waals surface area contributed by atoms with Crippen LogP contribution in [0.25, 0.3) is 0 Å². The van der Waals surface area contributed by atoms with E-state index in [4.69, 9.17) is 4.74 Å². The smallest absolute Gasteiger partial charge is 0.158 e. The Bertz CT molecular complexity index is 422. The molecule has 1 aromatic rings. The van der Waals surface area contributed by atoms with Crippen molar-refractivity contribution in [1.82, 2.24) is 9.97 Å². The van der Waals surface area contributed by atoms with Crippen molar-refractivity contribution in [2.24, 2.45) is 0 Å². The van der Waals surface area contributed by atoms with E-state index < -0.39 is 0 Å². The SMILES string of the molecule is CCCC1CCCCN1c1cc(NC)nc(COC)n1. The van der Waals surface area contributed by atoms with E-state index in [-0.39, 0.29) is 0 Å². The van der Waals surface area contributed by atoms with E-state index in [0.29, 0.717) is 12.6 Å². The lowest BCUT2D eigenvalue weighted by molar-refractivity contribution is 0.178. The average Bonchev–Trinajstić information content (AvgIpc) is 2.48. The molecule has 0 amide bonds. The summed E-state index contributed by atoms with van der Waals surface area (Å²) in [5.74, 6) is 2.65. The maximum atomic E-state index is 5.17. The van der Waals surface area contributed by atoms with E-state index in [2.05, 4.69) is 27.1 Å². The van der Waals surface area contributed by atoms with Crippen molar-refractivity contribution in [3.8, 4) is 0 Å². The Morgan fingerprint density at radius 2 is 2.25 bits per heavy atom. The lowest BCUT2D eigenvalue weighted by Gasteiger charge is -2.37. The summed E-state index contributed by atoms with van der Waals surface area (Å²) >= 11 is 0. The topological polar surface area (TPSA) is 50.3 Å². The van der Waals surface area contributed by atoms with Crippen LogP contribution in [-0.2, 0) is 11.3 Å². The third kappa shape index (κ3) is 3.60. The van der Waals surface area contributed by atoms with Crippen LogP contribution in [0.2, 0.25) is 0 Å². The fraction of sp³-hybridized carbons (Fsp3) is 0.733. The number of methoxy groups -OCH3 is 1. The number of nitrogens with one attached hydrogen (secondary N) is 1. The van der Waals surface area contributed by atoms with Crippen molar-refractivity contribution in [3.63, 3.8) is 0 Å². The Labute approximate surface area is 121 Å². The molecule has 1 aliphatic rings. The first-order valence-electron chi connectivity index (χ1n) is 7.59. The number of hydrogen-bond acceptors (Lipinski definition) is 5. The number of ether oxygens (including phenoxy) is 1. The van der Waals surface area contributed by atoms with Crippen LogP contribution < -0.4 is 10.2 Å². The zero-order chi connectivity index (χ0) is 14.4. The minimum absolute atomic E-state index is 0.453. The molecule has 0 saturated carbocycles. The van der Waals surface area contributed by atoms with Crippen LogP contribution in [-0.4, -0.2) is 36.7 Å². The molecule has 112 valence electrons. The molecule has 0 radical (unpaired) electrons. The molecule has 0 aromatic carbocycles. The molecule has 0 spiro atoms. The highest BCUT2D eigenvalue weighted by molar-refractivity contribution is 5.50. The molecule has 1 fully saturated rings. The van der Waals surface area contributed by atoms with E-state index in [1.165, 1.54) is 32.1 Å². The van der Waals surface area contributed by atoms with Crippen molar-refractivity contribution < 1.29 is 4.74 Å². The minimum atomic E-state index is 0.453. The fourth-order valence-electron chi connectivity index (χ4n) is 2.89. The van der Waals surface area contributed by atoms with Gasteiger partial charge >= 0.3 is 0 Å². The summed E-state index contributed by atoms with van der Waals surface area (Å²) in [7, 11) is 3.57. The molecule has 1 unspecified atom stereocenters. The zero-order valence-electron chi connectivity index (χ0n) is 12.9. The van der Waals surface area contributed by atoms with E-state index in [1.807, 2.05) is 13.1 Å². The standard InChI is InChI=1S/C15H26N4O/c1-4-7-12-8-5-6-9-19(12)15-10-13(16-2)17-14(18-15)11-20-3/h10,12H,4-9,11H2,1-3H3,(H,16,17,18). The van der Waals surface area contributed by atoms with Crippen LogP contribution in [0, 0.1) is 0 Å². The lowest BCUT2D eigenvalue weighted by atomic mass is 9.98. The van der Waals surface area contributed by atoms with Crippen LogP contribution in [0.5, 0.6) is 0 Å². The summed E-state index contributed by atoms with van der Waals surface area (Å²) in [6, 6.07) is 2.66. The molecule has 1 aliphatic heterocycles. The van der Waals surface area contributed by atoms with Gasteiger partial charge in [-0.3, -0.25) is 0 Å².